The van der Waals surface area contributed by atoms with Crippen LogP contribution < -0.4 is 0 Å². The van der Waals surface area contributed by atoms with Gasteiger partial charge in [0, 0.05) is 22.5 Å². The fraction of sp³-hybridized carbons (Fsp3) is 0.529. The third-order valence-corrected chi connectivity index (χ3v) is 6.88. The normalized spacial score (nSPS) is 17.1. The average molecular weight is 440 g/mol. The number of rotatable bonds is 7. The summed E-state index contributed by atoms with van der Waals surface area (Å²) in [5.41, 5.74) is 1.47. The number of hydrogen-bond acceptors (Lipinski definition) is 6. The summed E-state index contributed by atoms with van der Waals surface area (Å²) in [5, 5.41) is 8.00. The van der Waals surface area contributed by atoms with E-state index in [9.17, 15) is 31.2 Å². The monoisotopic (exact) mass is 440 g/mol. The number of carbonyl (C=O) groups is 2. The molecule has 0 radical (unpaired) electrons. The molecule has 0 spiro atoms. The van der Waals surface area contributed by atoms with Crippen LogP contribution in [0.5, 0.6) is 0 Å². The molecule has 11 heteroatoms. The SMILES string of the molecule is CS(=O)(=O)C1CCCc2cc(SCCC(=O)O)c(COC(=O)C(F)(F)F)cc21. The summed E-state index contributed by atoms with van der Waals surface area (Å²) in [6.45, 7) is -0.683. The van der Waals surface area contributed by atoms with Gasteiger partial charge >= 0.3 is 18.1 Å². The number of fused-ring (bicyclic) bond motifs is 1. The molecule has 6 nitrogen and oxygen atoms in total. The quantitative estimate of drug-likeness (QED) is 0.513. The van der Waals surface area contributed by atoms with Crippen molar-refractivity contribution in [1.29, 1.82) is 0 Å². The van der Waals surface area contributed by atoms with Crippen LogP contribution in [0.3, 0.4) is 0 Å². The van der Waals surface area contributed by atoms with Crippen molar-refractivity contribution >= 4 is 33.5 Å². The van der Waals surface area contributed by atoms with Gasteiger partial charge in [-0.05, 0) is 42.5 Å². The minimum Gasteiger partial charge on any atom is -0.481 e. The van der Waals surface area contributed by atoms with Crippen molar-refractivity contribution in [2.45, 2.75) is 48.6 Å². The van der Waals surface area contributed by atoms with Crippen LogP contribution in [0.1, 0.15) is 41.2 Å². The van der Waals surface area contributed by atoms with Crippen LogP contribution in [0.2, 0.25) is 0 Å². The smallest absolute Gasteiger partial charge is 0.481 e. The average Bonchev–Trinajstić information content (AvgIpc) is 2.56. The number of sulfone groups is 1. The Balaban J connectivity index is 2.37. The second-order valence-corrected chi connectivity index (χ2v) is 9.80. The zero-order valence-corrected chi connectivity index (χ0v) is 16.5. The molecule has 1 aliphatic carbocycles. The first-order chi connectivity index (χ1) is 12.9. The zero-order valence-electron chi connectivity index (χ0n) is 14.9. The van der Waals surface area contributed by atoms with Crippen molar-refractivity contribution < 1.29 is 41.0 Å². The van der Waals surface area contributed by atoms with E-state index in [0.29, 0.717) is 29.7 Å². The Bertz CT molecular complexity index is 864. The molecule has 0 saturated heterocycles. The van der Waals surface area contributed by atoms with E-state index in [1.165, 1.54) is 6.07 Å². The predicted octanol–water partition coefficient (Wildman–Crippen LogP) is 3.28. The third kappa shape index (κ3) is 5.87. The van der Waals surface area contributed by atoms with E-state index >= 15 is 0 Å². The number of carboxylic acid groups (broad SMARTS) is 1. The number of thioether (sulfide) groups is 1. The molecule has 1 atom stereocenters. The van der Waals surface area contributed by atoms with Crippen molar-refractivity contribution in [1.82, 2.24) is 0 Å². The van der Waals surface area contributed by atoms with Crippen molar-refractivity contribution in [2.75, 3.05) is 12.0 Å². The minimum absolute atomic E-state index is 0.157. The first-order valence-electron chi connectivity index (χ1n) is 8.32. The Morgan fingerprint density at radius 3 is 2.57 bits per heavy atom. The van der Waals surface area contributed by atoms with Gasteiger partial charge in [-0.25, -0.2) is 13.2 Å². The number of ether oxygens (including phenoxy) is 1. The molecule has 0 heterocycles. The number of hydrogen-bond donors (Lipinski definition) is 1. The van der Waals surface area contributed by atoms with E-state index in [4.69, 9.17) is 5.11 Å². The molecule has 1 aromatic rings. The van der Waals surface area contributed by atoms with Gasteiger partial charge in [0.05, 0.1) is 11.7 Å². The summed E-state index contributed by atoms with van der Waals surface area (Å²) in [6, 6.07) is 3.13. The fourth-order valence-corrected chi connectivity index (χ4v) is 5.30. The van der Waals surface area contributed by atoms with Gasteiger partial charge in [0.25, 0.3) is 0 Å². The Labute approximate surface area is 164 Å². The maximum absolute atomic E-state index is 12.4. The van der Waals surface area contributed by atoms with Crippen LogP contribution in [-0.2, 0) is 37.2 Å². The molecule has 1 N–H and O–H groups in total. The summed E-state index contributed by atoms with van der Waals surface area (Å²) in [5.74, 6) is -3.19. The third-order valence-electron chi connectivity index (χ3n) is 4.26. The minimum atomic E-state index is -5.14. The maximum Gasteiger partial charge on any atom is 0.490 e. The molecular weight excluding hydrogens is 421 g/mol. The molecular formula is C17H19F3O6S2. The molecule has 156 valence electrons. The Morgan fingerprint density at radius 2 is 2.00 bits per heavy atom. The first-order valence-corrected chi connectivity index (χ1v) is 11.3. The number of halogens is 3. The van der Waals surface area contributed by atoms with Gasteiger partial charge in [0.2, 0.25) is 0 Å². The number of aryl methyl sites for hydroxylation is 1. The van der Waals surface area contributed by atoms with Crippen LogP contribution in [0, 0.1) is 0 Å². The van der Waals surface area contributed by atoms with Crippen molar-refractivity contribution in [3.05, 3.63) is 28.8 Å². The Kier molecular flexibility index (Phi) is 7.02. The van der Waals surface area contributed by atoms with Gasteiger partial charge in [-0.15, -0.1) is 11.8 Å². The van der Waals surface area contributed by atoms with E-state index < -0.39 is 39.8 Å². The Hall–Kier alpha value is -1.75. The number of carboxylic acids is 1. The number of carbonyl (C=O) groups excluding carboxylic acids is 1. The topological polar surface area (TPSA) is 97.7 Å². The van der Waals surface area contributed by atoms with E-state index in [2.05, 4.69) is 4.74 Å². The molecule has 2 rings (SSSR count). The van der Waals surface area contributed by atoms with Crippen LogP contribution in [-0.4, -0.2) is 43.6 Å². The summed E-state index contributed by atoms with van der Waals surface area (Å²) >= 11 is 1.11. The van der Waals surface area contributed by atoms with Crippen LogP contribution in [0.15, 0.2) is 17.0 Å². The molecule has 1 unspecified atom stereocenters. The van der Waals surface area contributed by atoms with Crippen LogP contribution in [0.25, 0.3) is 0 Å². The lowest BCUT2D eigenvalue weighted by Gasteiger charge is -2.26. The van der Waals surface area contributed by atoms with E-state index in [0.717, 1.165) is 23.6 Å². The lowest BCUT2D eigenvalue weighted by molar-refractivity contribution is -0.201. The molecule has 28 heavy (non-hydrogen) atoms. The molecule has 0 amide bonds. The number of alkyl halides is 3. The predicted molar refractivity (Wildman–Crippen MR) is 95.8 cm³/mol. The number of aliphatic carboxylic acids is 1. The molecule has 0 fully saturated rings. The Morgan fingerprint density at radius 1 is 1.32 bits per heavy atom. The van der Waals surface area contributed by atoms with Crippen LogP contribution in [0.4, 0.5) is 13.2 Å². The highest BCUT2D eigenvalue weighted by Gasteiger charge is 2.41. The van der Waals surface area contributed by atoms with E-state index in [1.807, 2.05) is 0 Å². The highest BCUT2D eigenvalue weighted by Crippen LogP contribution is 2.39. The standard InChI is InChI=1S/C17H19F3O6S2/c1-28(24,25)14-4-2-3-10-8-13(27-6-5-15(21)22)11(7-12(10)14)9-26-16(23)17(18,19)20/h7-8,14H,2-6,9H2,1H3,(H,21,22). The molecule has 1 aromatic carbocycles. The van der Waals surface area contributed by atoms with Gasteiger partial charge < -0.3 is 9.84 Å². The molecule has 0 bridgehead atoms. The van der Waals surface area contributed by atoms with Gasteiger partial charge in [-0.3, -0.25) is 4.79 Å². The van der Waals surface area contributed by atoms with Crippen molar-refractivity contribution in [2.24, 2.45) is 0 Å². The molecule has 0 saturated carbocycles. The highest BCUT2D eigenvalue weighted by atomic mass is 32.2. The highest BCUT2D eigenvalue weighted by molar-refractivity contribution is 7.99. The zero-order chi connectivity index (χ0) is 21.1. The van der Waals surface area contributed by atoms with E-state index in [-0.39, 0.29) is 17.7 Å². The second-order valence-electron chi connectivity index (χ2n) is 6.44. The van der Waals surface area contributed by atoms with Gasteiger partial charge in [0.1, 0.15) is 6.61 Å². The lowest BCUT2D eigenvalue weighted by Crippen LogP contribution is -2.25. The number of esters is 1. The fourth-order valence-electron chi connectivity index (χ4n) is 3.00. The van der Waals surface area contributed by atoms with Crippen molar-refractivity contribution in [3.8, 4) is 0 Å². The van der Waals surface area contributed by atoms with Gasteiger partial charge in [0.15, 0.2) is 9.84 Å². The summed E-state index contributed by atoms with van der Waals surface area (Å²) in [6.07, 6.45) is -2.54. The summed E-state index contributed by atoms with van der Waals surface area (Å²) in [4.78, 5) is 22.2. The molecule has 0 aliphatic heterocycles. The summed E-state index contributed by atoms with van der Waals surface area (Å²) < 4.78 is 65.7. The van der Waals surface area contributed by atoms with Crippen LogP contribution >= 0.6 is 11.8 Å². The lowest BCUT2D eigenvalue weighted by atomic mass is 9.90. The second kappa shape index (κ2) is 8.73. The maximum atomic E-state index is 12.4. The van der Waals surface area contributed by atoms with E-state index in [1.54, 1.807) is 6.07 Å². The largest absolute Gasteiger partial charge is 0.490 e. The summed E-state index contributed by atoms with van der Waals surface area (Å²) in [7, 11) is -3.42. The first kappa shape index (κ1) is 22.5. The van der Waals surface area contributed by atoms with Gasteiger partial charge in [-0.1, -0.05) is 0 Å². The number of benzene rings is 1. The van der Waals surface area contributed by atoms with Crippen molar-refractivity contribution in [3.63, 3.8) is 0 Å². The molecule has 0 aromatic heterocycles. The molecule has 1 aliphatic rings. The van der Waals surface area contributed by atoms with Gasteiger partial charge in [-0.2, -0.15) is 13.2 Å².